The van der Waals surface area contributed by atoms with Gasteiger partial charge in [-0.1, -0.05) is 6.07 Å². The fourth-order valence-corrected chi connectivity index (χ4v) is 3.65. The van der Waals surface area contributed by atoms with Crippen molar-refractivity contribution in [2.24, 2.45) is 0 Å². The summed E-state index contributed by atoms with van der Waals surface area (Å²) in [5.41, 5.74) is 4.14. The molecule has 8 heteroatoms. The van der Waals surface area contributed by atoms with Gasteiger partial charge in [0.2, 0.25) is 0 Å². The smallest absolute Gasteiger partial charge is 0.336 e. The number of esters is 1. The number of fused-ring (bicyclic) bond motifs is 1. The highest BCUT2D eigenvalue weighted by atomic mass is 16.5. The van der Waals surface area contributed by atoms with Gasteiger partial charge in [-0.25, -0.2) is 4.79 Å². The van der Waals surface area contributed by atoms with Crippen molar-refractivity contribution in [1.29, 1.82) is 10.5 Å². The van der Waals surface area contributed by atoms with E-state index in [1.165, 1.54) is 0 Å². The van der Waals surface area contributed by atoms with E-state index in [2.05, 4.69) is 21.7 Å². The Balaban J connectivity index is 2.26. The van der Waals surface area contributed by atoms with E-state index in [4.69, 9.17) is 10.00 Å². The molecule has 0 amide bonds. The molecule has 152 valence electrons. The lowest BCUT2D eigenvalue weighted by molar-refractivity contribution is -0.139. The molecule has 1 atom stereocenters. The highest BCUT2D eigenvalue weighted by molar-refractivity contribution is 5.95. The lowest BCUT2D eigenvalue weighted by Crippen LogP contribution is -2.31. The van der Waals surface area contributed by atoms with Gasteiger partial charge in [0.25, 0.3) is 5.56 Å². The van der Waals surface area contributed by atoms with Gasteiger partial charge in [0.05, 0.1) is 46.9 Å². The van der Waals surface area contributed by atoms with Crippen LogP contribution in [0.2, 0.25) is 0 Å². The number of rotatable bonds is 5. The Hall–Kier alpha value is -4.04. The van der Waals surface area contributed by atoms with E-state index in [1.807, 2.05) is 13.0 Å². The van der Waals surface area contributed by atoms with Gasteiger partial charge in [-0.3, -0.25) is 4.79 Å². The third-order valence-electron chi connectivity index (χ3n) is 5.05. The first-order valence-corrected chi connectivity index (χ1v) is 9.38. The molecule has 3 N–H and O–H groups in total. The van der Waals surface area contributed by atoms with E-state index in [-0.39, 0.29) is 24.2 Å². The first-order valence-electron chi connectivity index (χ1n) is 9.38. The van der Waals surface area contributed by atoms with Gasteiger partial charge >= 0.3 is 5.97 Å². The third kappa shape index (κ3) is 3.63. The molecule has 0 saturated heterocycles. The summed E-state index contributed by atoms with van der Waals surface area (Å²) in [6.07, 6.45) is 1.69. The van der Waals surface area contributed by atoms with Crippen LogP contribution in [0.1, 0.15) is 41.5 Å². The number of aryl methyl sites for hydroxylation is 1. The van der Waals surface area contributed by atoms with Gasteiger partial charge in [0.15, 0.2) is 0 Å². The van der Waals surface area contributed by atoms with Crippen LogP contribution in [0.3, 0.4) is 0 Å². The molecule has 1 aromatic heterocycles. The number of benzene rings is 1. The van der Waals surface area contributed by atoms with Crippen molar-refractivity contribution in [2.75, 3.05) is 24.3 Å². The first kappa shape index (κ1) is 20.7. The van der Waals surface area contributed by atoms with E-state index >= 15 is 0 Å². The van der Waals surface area contributed by atoms with Crippen molar-refractivity contribution in [3.8, 4) is 12.1 Å². The third-order valence-corrected chi connectivity index (χ3v) is 5.05. The monoisotopic (exact) mass is 403 g/mol. The molecule has 1 unspecified atom stereocenters. The van der Waals surface area contributed by atoms with Gasteiger partial charge in [-0.05, 0) is 37.1 Å². The maximum atomic E-state index is 13.0. The molecule has 2 heterocycles. The second kappa shape index (κ2) is 8.54. The van der Waals surface area contributed by atoms with Gasteiger partial charge in [0, 0.05) is 24.6 Å². The van der Waals surface area contributed by atoms with Gasteiger partial charge in [-0.15, -0.1) is 0 Å². The van der Waals surface area contributed by atoms with Crippen molar-refractivity contribution < 1.29 is 9.53 Å². The predicted octanol–water partition coefficient (Wildman–Crippen LogP) is 2.88. The van der Waals surface area contributed by atoms with Crippen LogP contribution < -0.4 is 16.2 Å². The topological polar surface area (TPSA) is 131 Å². The maximum absolute atomic E-state index is 13.0. The Kier molecular flexibility index (Phi) is 5.89. The number of carbonyl (C=O) groups excluding carboxylic acids is 1. The SMILES string of the molecule is CNc1cc(C#N)ccc1C1C(C(=O)OCCC#N)=C(C)Nc2c(C)c[nH]c(=O)c21. The zero-order valence-corrected chi connectivity index (χ0v) is 16.9. The zero-order valence-electron chi connectivity index (χ0n) is 16.9. The Bertz CT molecular complexity index is 1180. The van der Waals surface area contributed by atoms with Crippen molar-refractivity contribution in [3.63, 3.8) is 0 Å². The normalized spacial score (nSPS) is 14.8. The predicted molar refractivity (Wildman–Crippen MR) is 112 cm³/mol. The fourth-order valence-electron chi connectivity index (χ4n) is 3.65. The number of nitriles is 2. The molecular formula is C22H21N5O3. The maximum Gasteiger partial charge on any atom is 0.336 e. The second-order valence-electron chi connectivity index (χ2n) is 6.89. The largest absolute Gasteiger partial charge is 0.461 e. The number of pyridine rings is 1. The average molecular weight is 403 g/mol. The molecule has 30 heavy (non-hydrogen) atoms. The molecule has 1 aromatic carbocycles. The first-order chi connectivity index (χ1) is 14.4. The van der Waals surface area contributed by atoms with Crippen LogP contribution in [0.15, 0.2) is 40.5 Å². The van der Waals surface area contributed by atoms with Crippen molar-refractivity contribution in [2.45, 2.75) is 26.2 Å². The summed E-state index contributed by atoms with van der Waals surface area (Å²) >= 11 is 0. The van der Waals surface area contributed by atoms with Crippen LogP contribution in [-0.4, -0.2) is 24.6 Å². The van der Waals surface area contributed by atoms with Crippen LogP contribution in [0.25, 0.3) is 0 Å². The summed E-state index contributed by atoms with van der Waals surface area (Å²) in [5, 5.41) is 24.2. The molecule has 8 nitrogen and oxygen atoms in total. The average Bonchev–Trinajstić information content (AvgIpc) is 2.75. The molecule has 1 aliphatic heterocycles. The molecular weight excluding hydrogens is 382 g/mol. The Morgan fingerprint density at radius 2 is 2.07 bits per heavy atom. The van der Waals surface area contributed by atoms with E-state index in [0.717, 1.165) is 5.56 Å². The highest BCUT2D eigenvalue weighted by Gasteiger charge is 2.37. The number of hydrogen-bond acceptors (Lipinski definition) is 7. The molecule has 0 spiro atoms. The number of aromatic nitrogens is 1. The highest BCUT2D eigenvalue weighted by Crippen LogP contribution is 2.43. The summed E-state index contributed by atoms with van der Waals surface area (Å²) in [4.78, 5) is 28.6. The van der Waals surface area contributed by atoms with Crippen LogP contribution in [0.4, 0.5) is 11.4 Å². The number of ether oxygens (including phenoxy) is 1. The summed E-state index contributed by atoms with van der Waals surface area (Å²) < 4.78 is 5.30. The Labute approximate surface area is 173 Å². The molecule has 0 fully saturated rings. The molecule has 0 saturated carbocycles. The molecule has 2 aromatic rings. The van der Waals surface area contributed by atoms with Crippen molar-refractivity contribution in [3.05, 3.63) is 68.3 Å². The lowest BCUT2D eigenvalue weighted by Gasteiger charge is -2.31. The number of allylic oxidation sites excluding steroid dienone is 1. The summed E-state index contributed by atoms with van der Waals surface area (Å²) in [6.45, 7) is 3.57. The van der Waals surface area contributed by atoms with E-state index in [1.54, 1.807) is 38.4 Å². The van der Waals surface area contributed by atoms with Crippen LogP contribution in [0, 0.1) is 29.6 Å². The fraction of sp³-hybridized carbons (Fsp3) is 0.273. The minimum Gasteiger partial charge on any atom is -0.461 e. The van der Waals surface area contributed by atoms with Crippen molar-refractivity contribution >= 4 is 17.3 Å². The molecule has 3 rings (SSSR count). The van der Waals surface area contributed by atoms with Gasteiger partial charge < -0.3 is 20.4 Å². The van der Waals surface area contributed by atoms with Gasteiger partial charge in [-0.2, -0.15) is 10.5 Å². The van der Waals surface area contributed by atoms with Crippen LogP contribution in [-0.2, 0) is 9.53 Å². The molecule has 0 bridgehead atoms. The van der Waals surface area contributed by atoms with Crippen molar-refractivity contribution in [1.82, 2.24) is 4.98 Å². The van der Waals surface area contributed by atoms with E-state index in [9.17, 15) is 14.9 Å². The number of nitrogens with one attached hydrogen (secondary N) is 3. The number of carbonyl (C=O) groups is 1. The van der Waals surface area contributed by atoms with E-state index in [0.29, 0.717) is 33.8 Å². The number of nitrogens with zero attached hydrogens (tertiary/aromatic N) is 2. The van der Waals surface area contributed by atoms with Crippen LogP contribution >= 0.6 is 0 Å². The standard InChI is InChI=1S/C22H21N5O3/c1-12-11-26-21(28)19-18(15-6-5-14(10-24)9-16(15)25-3)17(13(2)27-20(12)19)22(29)30-8-4-7-23/h5-6,9,11,18,25,27H,4,8H2,1-3H3,(H,26,28). The molecule has 0 aliphatic carbocycles. The second-order valence-corrected chi connectivity index (χ2v) is 6.89. The van der Waals surface area contributed by atoms with Crippen LogP contribution in [0.5, 0.6) is 0 Å². The summed E-state index contributed by atoms with van der Waals surface area (Å²) in [5.74, 6) is -1.31. The Morgan fingerprint density at radius 3 is 2.73 bits per heavy atom. The number of hydrogen-bond donors (Lipinski definition) is 3. The summed E-state index contributed by atoms with van der Waals surface area (Å²) in [7, 11) is 1.71. The number of H-pyrrole nitrogens is 1. The lowest BCUT2D eigenvalue weighted by atomic mass is 9.79. The molecule has 1 aliphatic rings. The minimum atomic E-state index is -0.713. The van der Waals surface area contributed by atoms with E-state index < -0.39 is 11.9 Å². The summed E-state index contributed by atoms with van der Waals surface area (Å²) in [6, 6.07) is 9.09. The number of aromatic amines is 1. The Morgan fingerprint density at radius 1 is 1.30 bits per heavy atom. The zero-order chi connectivity index (χ0) is 21.8. The molecule has 0 radical (unpaired) electrons. The van der Waals surface area contributed by atoms with Gasteiger partial charge in [0.1, 0.15) is 6.61 Å². The quantitative estimate of drug-likeness (QED) is 0.517. The number of anilines is 2. The minimum absolute atomic E-state index is 0.0396.